The fraction of sp³-hybridized carbons (Fsp3) is 0.333. The lowest BCUT2D eigenvalue weighted by molar-refractivity contribution is 0.297. The molecule has 0 amide bonds. The molecule has 0 fully saturated rings. The molecule has 0 saturated heterocycles. The largest absolute Gasteiger partial charge is 0.494 e. The Bertz CT molecular complexity index is 493. The predicted molar refractivity (Wildman–Crippen MR) is 84.1 cm³/mol. The van der Waals surface area contributed by atoms with Crippen molar-refractivity contribution in [2.75, 3.05) is 6.61 Å². The Labute approximate surface area is 121 Å². The molecule has 2 nitrogen and oxygen atoms in total. The molecule has 106 valence electrons. The Morgan fingerprint density at radius 2 is 1.60 bits per heavy atom. The average molecular weight is 269 g/mol. The summed E-state index contributed by atoms with van der Waals surface area (Å²) in [5, 5.41) is 0. The van der Waals surface area contributed by atoms with Crippen molar-refractivity contribution in [2.45, 2.75) is 32.2 Å². The van der Waals surface area contributed by atoms with Crippen LogP contribution in [0.4, 0.5) is 0 Å². The van der Waals surface area contributed by atoms with Gasteiger partial charge in [-0.05, 0) is 42.5 Å². The second kappa shape index (κ2) is 7.71. The first-order valence-corrected chi connectivity index (χ1v) is 7.29. The van der Waals surface area contributed by atoms with Crippen LogP contribution in [0.25, 0.3) is 0 Å². The molecular formula is C18H23NO. The fourth-order valence-electron chi connectivity index (χ4n) is 2.16. The quantitative estimate of drug-likeness (QED) is 0.833. The first-order valence-electron chi connectivity index (χ1n) is 7.29. The third kappa shape index (κ3) is 4.71. The van der Waals surface area contributed by atoms with E-state index in [2.05, 4.69) is 31.2 Å². The van der Waals surface area contributed by atoms with E-state index in [0.717, 1.165) is 25.0 Å². The first-order chi connectivity index (χ1) is 9.78. The topological polar surface area (TPSA) is 35.2 Å². The lowest BCUT2D eigenvalue weighted by Crippen LogP contribution is -2.25. The van der Waals surface area contributed by atoms with Crippen LogP contribution in [0.15, 0.2) is 54.6 Å². The van der Waals surface area contributed by atoms with Gasteiger partial charge in [0.1, 0.15) is 5.75 Å². The zero-order valence-corrected chi connectivity index (χ0v) is 12.1. The third-order valence-corrected chi connectivity index (χ3v) is 3.43. The average Bonchev–Trinajstić information content (AvgIpc) is 2.49. The van der Waals surface area contributed by atoms with Crippen LogP contribution in [0.1, 0.15) is 24.5 Å². The van der Waals surface area contributed by atoms with Gasteiger partial charge in [-0.1, -0.05) is 49.4 Å². The summed E-state index contributed by atoms with van der Waals surface area (Å²) in [6, 6.07) is 18.7. The standard InChI is InChI=1S/C18H23NO/c1-2-15-8-10-16(11-9-15)14-17(19)12-13-20-18-6-4-3-5-7-18/h3-11,17H,2,12-14,19H2,1H3. The number of rotatable bonds is 7. The highest BCUT2D eigenvalue weighted by Crippen LogP contribution is 2.11. The molecule has 2 N–H and O–H groups in total. The number of benzene rings is 2. The van der Waals surface area contributed by atoms with E-state index in [0.29, 0.717) is 6.61 Å². The van der Waals surface area contributed by atoms with Crippen LogP contribution in [-0.4, -0.2) is 12.6 Å². The molecule has 0 aliphatic heterocycles. The smallest absolute Gasteiger partial charge is 0.119 e. The van der Waals surface area contributed by atoms with Crippen LogP contribution in [0, 0.1) is 0 Å². The number of hydrogen-bond donors (Lipinski definition) is 1. The molecule has 2 aromatic carbocycles. The van der Waals surface area contributed by atoms with Crippen molar-refractivity contribution in [3.05, 3.63) is 65.7 Å². The van der Waals surface area contributed by atoms with E-state index in [9.17, 15) is 0 Å². The van der Waals surface area contributed by atoms with Crippen molar-refractivity contribution in [2.24, 2.45) is 5.73 Å². The zero-order valence-electron chi connectivity index (χ0n) is 12.1. The highest BCUT2D eigenvalue weighted by Gasteiger charge is 2.05. The van der Waals surface area contributed by atoms with Gasteiger partial charge in [-0.3, -0.25) is 0 Å². The van der Waals surface area contributed by atoms with E-state index in [-0.39, 0.29) is 6.04 Å². The molecule has 0 radical (unpaired) electrons. The lowest BCUT2D eigenvalue weighted by Gasteiger charge is -2.13. The SMILES string of the molecule is CCc1ccc(CC(N)CCOc2ccccc2)cc1. The Morgan fingerprint density at radius 3 is 2.25 bits per heavy atom. The van der Waals surface area contributed by atoms with Crippen molar-refractivity contribution in [1.82, 2.24) is 0 Å². The Kier molecular flexibility index (Phi) is 5.63. The van der Waals surface area contributed by atoms with Gasteiger partial charge in [0.2, 0.25) is 0 Å². The number of aryl methyl sites for hydroxylation is 1. The summed E-state index contributed by atoms with van der Waals surface area (Å²) >= 11 is 0. The summed E-state index contributed by atoms with van der Waals surface area (Å²) in [7, 11) is 0. The minimum absolute atomic E-state index is 0.145. The number of hydrogen-bond acceptors (Lipinski definition) is 2. The van der Waals surface area contributed by atoms with Crippen LogP contribution in [0.3, 0.4) is 0 Å². The lowest BCUT2D eigenvalue weighted by atomic mass is 10.0. The van der Waals surface area contributed by atoms with E-state index in [4.69, 9.17) is 10.5 Å². The maximum atomic E-state index is 6.16. The Hall–Kier alpha value is -1.80. The molecule has 0 aliphatic rings. The summed E-state index contributed by atoms with van der Waals surface area (Å²) < 4.78 is 5.67. The molecule has 20 heavy (non-hydrogen) atoms. The van der Waals surface area contributed by atoms with Crippen molar-refractivity contribution in [3.63, 3.8) is 0 Å². The monoisotopic (exact) mass is 269 g/mol. The van der Waals surface area contributed by atoms with Crippen LogP contribution in [0.5, 0.6) is 5.75 Å². The minimum atomic E-state index is 0.145. The normalized spacial score (nSPS) is 12.1. The summed E-state index contributed by atoms with van der Waals surface area (Å²) in [5.74, 6) is 0.909. The number of ether oxygens (including phenoxy) is 1. The molecule has 1 unspecified atom stereocenters. The second-order valence-corrected chi connectivity index (χ2v) is 5.08. The van der Waals surface area contributed by atoms with Gasteiger partial charge in [0.05, 0.1) is 6.61 Å². The van der Waals surface area contributed by atoms with Crippen molar-refractivity contribution >= 4 is 0 Å². The van der Waals surface area contributed by atoms with Gasteiger partial charge in [0.25, 0.3) is 0 Å². The van der Waals surface area contributed by atoms with E-state index in [1.165, 1.54) is 11.1 Å². The zero-order chi connectivity index (χ0) is 14.2. The van der Waals surface area contributed by atoms with E-state index < -0.39 is 0 Å². The second-order valence-electron chi connectivity index (χ2n) is 5.08. The molecule has 1 atom stereocenters. The van der Waals surface area contributed by atoms with Gasteiger partial charge in [-0.25, -0.2) is 0 Å². The predicted octanol–water partition coefficient (Wildman–Crippen LogP) is 3.59. The molecule has 0 bridgehead atoms. The summed E-state index contributed by atoms with van der Waals surface area (Å²) in [4.78, 5) is 0. The third-order valence-electron chi connectivity index (χ3n) is 3.43. The van der Waals surface area contributed by atoms with Crippen molar-refractivity contribution in [1.29, 1.82) is 0 Å². The van der Waals surface area contributed by atoms with Gasteiger partial charge >= 0.3 is 0 Å². The molecule has 0 aromatic heterocycles. The summed E-state index contributed by atoms with van der Waals surface area (Å²) in [6.07, 6.45) is 2.85. The molecule has 0 saturated carbocycles. The highest BCUT2D eigenvalue weighted by molar-refractivity contribution is 5.23. The van der Waals surface area contributed by atoms with Crippen LogP contribution < -0.4 is 10.5 Å². The first kappa shape index (κ1) is 14.6. The summed E-state index contributed by atoms with van der Waals surface area (Å²) in [5.41, 5.74) is 8.83. The van der Waals surface area contributed by atoms with Crippen molar-refractivity contribution < 1.29 is 4.74 Å². The molecule has 2 rings (SSSR count). The Balaban J connectivity index is 1.73. The Morgan fingerprint density at radius 1 is 0.950 bits per heavy atom. The van der Waals surface area contributed by atoms with Crippen molar-refractivity contribution in [3.8, 4) is 5.75 Å². The van der Waals surface area contributed by atoms with E-state index >= 15 is 0 Å². The number of para-hydroxylation sites is 1. The molecule has 2 heteroatoms. The van der Waals surface area contributed by atoms with E-state index in [1.807, 2.05) is 30.3 Å². The van der Waals surface area contributed by atoms with Crippen LogP contribution in [0.2, 0.25) is 0 Å². The molecule has 2 aromatic rings. The molecular weight excluding hydrogens is 246 g/mol. The maximum Gasteiger partial charge on any atom is 0.119 e. The number of nitrogens with two attached hydrogens (primary N) is 1. The highest BCUT2D eigenvalue weighted by atomic mass is 16.5. The molecule has 0 aliphatic carbocycles. The van der Waals surface area contributed by atoms with Gasteiger partial charge in [-0.15, -0.1) is 0 Å². The van der Waals surface area contributed by atoms with Gasteiger partial charge < -0.3 is 10.5 Å². The van der Waals surface area contributed by atoms with Gasteiger partial charge in [0, 0.05) is 6.04 Å². The molecule has 0 spiro atoms. The minimum Gasteiger partial charge on any atom is -0.494 e. The van der Waals surface area contributed by atoms with Crippen LogP contribution in [-0.2, 0) is 12.8 Å². The van der Waals surface area contributed by atoms with Gasteiger partial charge in [0.15, 0.2) is 0 Å². The molecule has 0 heterocycles. The van der Waals surface area contributed by atoms with Gasteiger partial charge in [-0.2, -0.15) is 0 Å². The summed E-state index contributed by atoms with van der Waals surface area (Å²) in [6.45, 7) is 2.83. The van der Waals surface area contributed by atoms with E-state index in [1.54, 1.807) is 0 Å². The van der Waals surface area contributed by atoms with Crippen LogP contribution >= 0.6 is 0 Å². The fourth-order valence-corrected chi connectivity index (χ4v) is 2.16. The maximum absolute atomic E-state index is 6.16.